The van der Waals surface area contributed by atoms with Crippen LogP contribution in [0.15, 0.2) is 47.2 Å². The van der Waals surface area contributed by atoms with Crippen LogP contribution in [-0.2, 0) is 0 Å². The van der Waals surface area contributed by atoms with Gasteiger partial charge in [0.1, 0.15) is 0 Å². The molecule has 1 rings (SSSR count). The maximum Gasteiger partial charge on any atom is 0.0635 e. The summed E-state index contributed by atoms with van der Waals surface area (Å²) in [6, 6.07) is 0.463. The molecule has 0 bridgehead atoms. The smallest absolute Gasteiger partial charge is 0.0635 e. The molecule has 1 heteroatoms. The van der Waals surface area contributed by atoms with Crippen molar-refractivity contribution >= 4 is 0 Å². The quantitative estimate of drug-likeness (QED) is 0.652. The first kappa shape index (κ1) is 14.6. The fourth-order valence-electron chi connectivity index (χ4n) is 1.87. The van der Waals surface area contributed by atoms with Crippen LogP contribution in [0.5, 0.6) is 0 Å². The van der Waals surface area contributed by atoms with Gasteiger partial charge < -0.3 is 4.90 Å². The highest BCUT2D eigenvalue weighted by molar-refractivity contribution is 5.23. The Morgan fingerprint density at radius 2 is 1.78 bits per heavy atom. The third-order valence-corrected chi connectivity index (χ3v) is 3.29. The molecule has 0 aromatic carbocycles. The molecule has 1 aliphatic rings. The summed E-state index contributed by atoms with van der Waals surface area (Å²) in [6.07, 6.45) is 8.13. The number of nitrogens with zero attached hydrogens (tertiary/aromatic N) is 1. The van der Waals surface area contributed by atoms with Gasteiger partial charge in [-0.15, -0.1) is 5.73 Å². The second-order valence-corrected chi connectivity index (χ2v) is 5.56. The van der Waals surface area contributed by atoms with Gasteiger partial charge in [0.2, 0.25) is 0 Å². The van der Waals surface area contributed by atoms with E-state index in [9.17, 15) is 0 Å². The lowest BCUT2D eigenvalue weighted by atomic mass is 10.0. The number of hydrogen-bond acceptors (Lipinski definition) is 1. The van der Waals surface area contributed by atoms with E-state index in [2.05, 4.69) is 70.2 Å². The molecule has 0 saturated heterocycles. The zero-order valence-corrected chi connectivity index (χ0v) is 12.5. The van der Waals surface area contributed by atoms with Crippen LogP contribution in [0.3, 0.4) is 0 Å². The Labute approximate surface area is 112 Å². The number of allylic oxidation sites excluding steroid dienone is 3. The zero-order valence-electron chi connectivity index (χ0n) is 12.5. The Hall–Kier alpha value is -1.42. The van der Waals surface area contributed by atoms with Crippen LogP contribution in [0.2, 0.25) is 0 Å². The molecule has 1 unspecified atom stereocenters. The van der Waals surface area contributed by atoms with Gasteiger partial charge in [0, 0.05) is 23.7 Å². The Kier molecular flexibility index (Phi) is 5.28. The molecule has 0 fully saturated rings. The maximum absolute atomic E-state index is 3.51. The van der Waals surface area contributed by atoms with Crippen LogP contribution in [0.1, 0.15) is 41.5 Å². The third kappa shape index (κ3) is 3.81. The van der Waals surface area contributed by atoms with Crippen LogP contribution in [0.25, 0.3) is 0 Å². The molecule has 0 radical (unpaired) electrons. The fourth-order valence-corrected chi connectivity index (χ4v) is 1.87. The molecule has 0 aromatic heterocycles. The second-order valence-electron chi connectivity index (χ2n) is 5.56. The van der Waals surface area contributed by atoms with Gasteiger partial charge in [-0.3, -0.25) is 0 Å². The normalized spacial score (nSPS) is 17.4. The minimum Gasteiger partial charge on any atom is -0.342 e. The highest BCUT2D eigenvalue weighted by atomic mass is 15.2. The van der Waals surface area contributed by atoms with Crippen molar-refractivity contribution in [2.75, 3.05) is 0 Å². The van der Waals surface area contributed by atoms with Crippen molar-refractivity contribution < 1.29 is 0 Å². The molecule has 0 aromatic rings. The van der Waals surface area contributed by atoms with Gasteiger partial charge >= 0.3 is 0 Å². The minimum absolute atomic E-state index is 0.456. The molecule has 18 heavy (non-hydrogen) atoms. The largest absolute Gasteiger partial charge is 0.342 e. The predicted molar refractivity (Wildman–Crippen MR) is 79.0 cm³/mol. The van der Waals surface area contributed by atoms with Crippen LogP contribution < -0.4 is 0 Å². The monoisotopic (exact) mass is 243 g/mol. The van der Waals surface area contributed by atoms with Gasteiger partial charge in [-0.1, -0.05) is 33.4 Å². The van der Waals surface area contributed by atoms with Crippen LogP contribution in [0, 0.1) is 11.8 Å². The number of rotatable bonds is 3. The average molecular weight is 243 g/mol. The first-order chi connectivity index (χ1) is 8.43. The Balaban J connectivity index is 3.32. The van der Waals surface area contributed by atoms with Crippen molar-refractivity contribution in [3.63, 3.8) is 0 Å². The van der Waals surface area contributed by atoms with E-state index in [1.807, 2.05) is 12.2 Å². The summed E-state index contributed by atoms with van der Waals surface area (Å²) in [4.78, 5) is 2.34. The lowest BCUT2D eigenvalue weighted by molar-refractivity contribution is 0.268. The molecule has 1 aliphatic heterocycles. The highest BCUT2D eigenvalue weighted by Crippen LogP contribution is 2.23. The fraction of sp³-hybridized carbons (Fsp3) is 0.529. The topological polar surface area (TPSA) is 3.24 Å². The van der Waals surface area contributed by atoms with Crippen molar-refractivity contribution in [2.24, 2.45) is 11.8 Å². The van der Waals surface area contributed by atoms with E-state index in [1.54, 1.807) is 0 Å². The lowest BCUT2D eigenvalue weighted by Crippen LogP contribution is -2.33. The van der Waals surface area contributed by atoms with Crippen LogP contribution >= 0.6 is 0 Å². The van der Waals surface area contributed by atoms with Crippen molar-refractivity contribution in [2.45, 2.75) is 47.6 Å². The Morgan fingerprint density at radius 1 is 1.11 bits per heavy atom. The van der Waals surface area contributed by atoms with E-state index in [0.717, 1.165) is 5.57 Å². The molecule has 0 amide bonds. The summed E-state index contributed by atoms with van der Waals surface area (Å²) in [5.41, 5.74) is 9.04. The average Bonchev–Trinajstić information content (AvgIpc) is 2.38. The van der Waals surface area contributed by atoms with E-state index in [0.29, 0.717) is 17.9 Å². The summed E-state index contributed by atoms with van der Waals surface area (Å²) >= 11 is 0. The summed E-state index contributed by atoms with van der Waals surface area (Å²) in [5.74, 6) is 1.06. The van der Waals surface area contributed by atoms with Gasteiger partial charge in [0.25, 0.3) is 0 Å². The van der Waals surface area contributed by atoms with E-state index < -0.39 is 0 Å². The Bertz CT molecular complexity index is 436. The van der Waals surface area contributed by atoms with Gasteiger partial charge in [-0.2, -0.15) is 0 Å². The molecule has 1 heterocycles. The molecule has 0 spiro atoms. The predicted octanol–water partition coefficient (Wildman–Crippen LogP) is 4.66. The highest BCUT2D eigenvalue weighted by Gasteiger charge is 2.19. The standard InChI is InChI=1S/C17H25N/c1-13(2)16(6)18-11-9-7-8-10-15(5)12-17(18)14(3)4/h7,9-11,13-14,16H,1-6H3. The van der Waals surface area contributed by atoms with Gasteiger partial charge in [0.15, 0.2) is 0 Å². The molecule has 0 saturated carbocycles. The third-order valence-electron chi connectivity index (χ3n) is 3.29. The molecule has 0 N–H and O–H groups in total. The van der Waals surface area contributed by atoms with Gasteiger partial charge in [0.05, 0.1) is 5.70 Å². The van der Waals surface area contributed by atoms with Gasteiger partial charge in [-0.05, 0) is 38.0 Å². The maximum atomic E-state index is 3.51. The molecule has 98 valence electrons. The molecule has 1 atom stereocenters. The minimum atomic E-state index is 0.456. The summed E-state index contributed by atoms with van der Waals surface area (Å²) in [7, 11) is 0. The van der Waals surface area contributed by atoms with E-state index in [4.69, 9.17) is 0 Å². The Morgan fingerprint density at radius 3 is 2.33 bits per heavy atom. The van der Waals surface area contributed by atoms with Gasteiger partial charge in [-0.25, -0.2) is 0 Å². The van der Waals surface area contributed by atoms with Crippen LogP contribution in [-0.4, -0.2) is 10.9 Å². The summed E-state index contributed by atoms with van der Waals surface area (Å²) in [5, 5.41) is 0. The molecule has 1 nitrogen and oxygen atoms in total. The van der Waals surface area contributed by atoms with Crippen molar-refractivity contribution in [1.29, 1.82) is 0 Å². The van der Waals surface area contributed by atoms with Crippen molar-refractivity contribution in [3.05, 3.63) is 47.2 Å². The van der Waals surface area contributed by atoms with E-state index >= 15 is 0 Å². The second kappa shape index (κ2) is 6.50. The zero-order chi connectivity index (χ0) is 13.7. The summed E-state index contributed by atoms with van der Waals surface area (Å²) < 4.78 is 0. The molecular weight excluding hydrogens is 218 g/mol. The lowest BCUT2D eigenvalue weighted by Gasteiger charge is -2.33. The van der Waals surface area contributed by atoms with E-state index in [1.165, 1.54) is 5.70 Å². The first-order valence-electron chi connectivity index (χ1n) is 6.78. The van der Waals surface area contributed by atoms with Crippen LogP contribution in [0.4, 0.5) is 0 Å². The summed E-state index contributed by atoms with van der Waals surface area (Å²) in [6.45, 7) is 13.3. The first-order valence-corrected chi connectivity index (χ1v) is 6.78. The molecule has 0 aliphatic carbocycles. The van der Waals surface area contributed by atoms with E-state index in [-0.39, 0.29) is 0 Å². The van der Waals surface area contributed by atoms with Crippen molar-refractivity contribution in [1.82, 2.24) is 4.90 Å². The SMILES string of the molecule is CC1=C=C(C(C)C)N(C(C)C(C)C)C=CC=C=C1. The molecular formula is C17H25N. The van der Waals surface area contributed by atoms with Crippen molar-refractivity contribution in [3.8, 4) is 0 Å². The number of hydrogen-bond donors (Lipinski definition) is 0.